The number of thiocarbonyl (C=S) groups is 1. The summed E-state index contributed by atoms with van der Waals surface area (Å²) in [6.45, 7) is 2.40. The third-order valence-electron chi connectivity index (χ3n) is 5.56. The predicted octanol–water partition coefficient (Wildman–Crippen LogP) is 4.48. The molecule has 0 bridgehead atoms. The van der Waals surface area contributed by atoms with Crippen molar-refractivity contribution in [3.8, 4) is 11.5 Å². The van der Waals surface area contributed by atoms with E-state index in [1.54, 1.807) is 19.1 Å². The number of carbonyl (C=O) groups is 2. The summed E-state index contributed by atoms with van der Waals surface area (Å²) in [7, 11) is 3.17. The number of ether oxygens (including phenoxy) is 2. The van der Waals surface area contributed by atoms with Crippen molar-refractivity contribution in [1.29, 1.82) is 0 Å². The van der Waals surface area contributed by atoms with Crippen LogP contribution in [-0.2, 0) is 9.59 Å². The Morgan fingerprint density at radius 3 is 2.55 bits per heavy atom. The first-order valence-electron chi connectivity index (χ1n) is 10.8. The molecule has 2 fully saturated rings. The zero-order valence-corrected chi connectivity index (χ0v) is 19.9. The van der Waals surface area contributed by atoms with E-state index >= 15 is 0 Å². The Bertz CT molecular complexity index is 850. The number of hydrogen-bond donors (Lipinski definition) is 0. The van der Waals surface area contributed by atoms with Crippen LogP contribution in [-0.4, -0.2) is 59.8 Å². The lowest BCUT2D eigenvalue weighted by atomic mass is 10.1. The number of carbonyl (C=O) groups excluding carboxylic acids is 2. The number of piperidine rings is 1. The van der Waals surface area contributed by atoms with E-state index in [0.717, 1.165) is 50.8 Å². The molecule has 0 radical (unpaired) electrons. The molecule has 0 N–H and O–H groups in total. The molecule has 0 aliphatic carbocycles. The minimum absolute atomic E-state index is 0.0609. The quantitative estimate of drug-likeness (QED) is 0.306. The molecule has 168 valence electrons. The molecule has 0 spiro atoms. The summed E-state index contributed by atoms with van der Waals surface area (Å²) in [5.74, 6) is 1.47. The van der Waals surface area contributed by atoms with Gasteiger partial charge in [0.1, 0.15) is 4.32 Å². The smallest absolute Gasteiger partial charge is 0.266 e. The molecule has 0 unspecified atom stereocenters. The number of benzene rings is 1. The number of rotatable bonds is 9. The van der Waals surface area contributed by atoms with Gasteiger partial charge in [-0.1, -0.05) is 36.5 Å². The summed E-state index contributed by atoms with van der Waals surface area (Å²) in [5.41, 5.74) is 0.856. The van der Waals surface area contributed by atoms with Crippen LogP contribution in [0.25, 0.3) is 6.08 Å². The summed E-state index contributed by atoms with van der Waals surface area (Å²) in [5, 5.41) is 0. The van der Waals surface area contributed by atoms with Crippen LogP contribution in [0.2, 0.25) is 0 Å². The van der Waals surface area contributed by atoms with Gasteiger partial charge in [0.25, 0.3) is 5.91 Å². The lowest BCUT2D eigenvalue weighted by molar-refractivity contribution is -0.132. The molecular weight excluding hydrogens is 432 g/mol. The van der Waals surface area contributed by atoms with E-state index in [4.69, 9.17) is 21.7 Å². The summed E-state index contributed by atoms with van der Waals surface area (Å²) in [6, 6.07) is 5.54. The highest BCUT2D eigenvalue weighted by molar-refractivity contribution is 8.26. The maximum atomic E-state index is 12.8. The number of hydrogen-bond acceptors (Lipinski definition) is 6. The van der Waals surface area contributed by atoms with Gasteiger partial charge < -0.3 is 14.4 Å². The van der Waals surface area contributed by atoms with Crippen LogP contribution in [0.1, 0.15) is 50.5 Å². The van der Waals surface area contributed by atoms with Crippen LogP contribution in [0.15, 0.2) is 23.1 Å². The number of methoxy groups -OCH3 is 2. The Labute approximate surface area is 193 Å². The maximum absolute atomic E-state index is 12.8. The molecule has 2 saturated heterocycles. The molecule has 1 aromatic rings. The Balaban J connectivity index is 1.47. The van der Waals surface area contributed by atoms with Crippen molar-refractivity contribution >= 4 is 46.2 Å². The number of unbranched alkanes of at least 4 members (excludes halogenated alkanes) is 2. The third-order valence-corrected chi connectivity index (χ3v) is 6.94. The van der Waals surface area contributed by atoms with Crippen LogP contribution in [0, 0.1) is 0 Å². The minimum atomic E-state index is -0.0609. The molecule has 0 aromatic heterocycles. The van der Waals surface area contributed by atoms with Crippen molar-refractivity contribution in [3.63, 3.8) is 0 Å². The molecule has 3 rings (SSSR count). The first-order valence-corrected chi connectivity index (χ1v) is 12.0. The number of likely N-dealkylation sites (tertiary alicyclic amines) is 1. The minimum Gasteiger partial charge on any atom is -0.493 e. The number of nitrogens with zero attached hydrogens (tertiary/aromatic N) is 2. The van der Waals surface area contributed by atoms with Crippen molar-refractivity contribution in [2.24, 2.45) is 0 Å². The van der Waals surface area contributed by atoms with E-state index in [0.29, 0.717) is 33.7 Å². The predicted molar refractivity (Wildman–Crippen MR) is 128 cm³/mol. The van der Waals surface area contributed by atoms with E-state index in [2.05, 4.69) is 0 Å². The van der Waals surface area contributed by atoms with Gasteiger partial charge in [-0.3, -0.25) is 14.5 Å². The van der Waals surface area contributed by atoms with Gasteiger partial charge in [0.15, 0.2) is 11.5 Å². The van der Waals surface area contributed by atoms with E-state index in [1.807, 2.05) is 29.2 Å². The monoisotopic (exact) mass is 462 g/mol. The van der Waals surface area contributed by atoms with Crippen molar-refractivity contribution in [2.75, 3.05) is 33.9 Å². The fourth-order valence-electron chi connectivity index (χ4n) is 3.81. The second kappa shape index (κ2) is 11.5. The van der Waals surface area contributed by atoms with Gasteiger partial charge in [0.05, 0.1) is 19.1 Å². The molecule has 31 heavy (non-hydrogen) atoms. The van der Waals surface area contributed by atoms with Crippen LogP contribution < -0.4 is 9.47 Å². The first kappa shape index (κ1) is 23.6. The second-order valence-corrected chi connectivity index (χ2v) is 9.38. The van der Waals surface area contributed by atoms with Crippen molar-refractivity contribution < 1.29 is 19.1 Å². The molecule has 6 nitrogen and oxygen atoms in total. The fraction of sp³-hybridized carbons (Fsp3) is 0.522. The van der Waals surface area contributed by atoms with Crippen LogP contribution in [0.5, 0.6) is 11.5 Å². The highest BCUT2D eigenvalue weighted by Gasteiger charge is 2.31. The van der Waals surface area contributed by atoms with E-state index in [1.165, 1.54) is 18.2 Å². The maximum Gasteiger partial charge on any atom is 0.266 e. The largest absolute Gasteiger partial charge is 0.493 e. The normalized spacial score (nSPS) is 18.1. The zero-order valence-electron chi connectivity index (χ0n) is 18.2. The lowest BCUT2D eigenvalue weighted by Crippen LogP contribution is -2.35. The van der Waals surface area contributed by atoms with Gasteiger partial charge >= 0.3 is 0 Å². The number of thioether (sulfide) groups is 1. The van der Waals surface area contributed by atoms with Gasteiger partial charge in [-0.05, 0) is 55.9 Å². The number of amides is 2. The Hall–Kier alpha value is -2.06. The second-order valence-electron chi connectivity index (χ2n) is 7.70. The summed E-state index contributed by atoms with van der Waals surface area (Å²) >= 11 is 6.75. The molecule has 2 aliphatic heterocycles. The van der Waals surface area contributed by atoms with Gasteiger partial charge in [-0.15, -0.1) is 0 Å². The van der Waals surface area contributed by atoms with Crippen molar-refractivity contribution in [2.45, 2.75) is 44.9 Å². The Morgan fingerprint density at radius 1 is 1.10 bits per heavy atom. The summed E-state index contributed by atoms with van der Waals surface area (Å²) in [6.07, 6.45) is 8.50. The zero-order chi connectivity index (χ0) is 22.2. The lowest BCUT2D eigenvalue weighted by Gasteiger charge is -2.26. The standard InChI is InChI=1S/C23H30N2O4S2/c1-28-18-11-10-17(15-19(18)29-2)16-20-22(27)25(23(30)31-20)14-8-3-5-9-21(26)24-12-6-4-7-13-24/h10-11,15-16H,3-9,12-14H2,1-2H3. The molecule has 0 atom stereocenters. The molecule has 2 amide bonds. The molecule has 2 heterocycles. The van der Waals surface area contributed by atoms with Crippen LogP contribution >= 0.6 is 24.0 Å². The highest BCUT2D eigenvalue weighted by Crippen LogP contribution is 2.34. The molecular formula is C23H30N2O4S2. The first-order chi connectivity index (χ1) is 15.0. The topological polar surface area (TPSA) is 59.1 Å². The Morgan fingerprint density at radius 2 is 1.84 bits per heavy atom. The highest BCUT2D eigenvalue weighted by atomic mass is 32.2. The van der Waals surface area contributed by atoms with Gasteiger partial charge in [-0.2, -0.15) is 0 Å². The Kier molecular flexibility index (Phi) is 8.78. The third kappa shape index (κ3) is 6.23. The molecule has 0 saturated carbocycles. The molecule has 8 heteroatoms. The summed E-state index contributed by atoms with van der Waals surface area (Å²) < 4.78 is 11.2. The van der Waals surface area contributed by atoms with Crippen LogP contribution in [0.4, 0.5) is 0 Å². The van der Waals surface area contributed by atoms with Gasteiger partial charge in [0.2, 0.25) is 5.91 Å². The van der Waals surface area contributed by atoms with Gasteiger partial charge in [0, 0.05) is 26.1 Å². The molecule has 2 aliphatic rings. The van der Waals surface area contributed by atoms with Crippen molar-refractivity contribution in [1.82, 2.24) is 9.80 Å². The van der Waals surface area contributed by atoms with E-state index in [-0.39, 0.29) is 11.8 Å². The van der Waals surface area contributed by atoms with Gasteiger partial charge in [-0.25, -0.2) is 0 Å². The SMILES string of the molecule is COc1ccc(C=C2SC(=S)N(CCCCCC(=O)N3CCCCC3)C2=O)cc1OC. The average Bonchev–Trinajstić information content (AvgIpc) is 3.06. The fourth-order valence-corrected chi connectivity index (χ4v) is 5.12. The van der Waals surface area contributed by atoms with E-state index in [9.17, 15) is 9.59 Å². The summed E-state index contributed by atoms with van der Waals surface area (Å²) in [4.78, 5) is 29.3. The average molecular weight is 463 g/mol. The van der Waals surface area contributed by atoms with Crippen LogP contribution in [0.3, 0.4) is 0 Å². The molecule has 1 aromatic carbocycles. The van der Waals surface area contributed by atoms with E-state index < -0.39 is 0 Å². The van der Waals surface area contributed by atoms with Crippen molar-refractivity contribution in [3.05, 3.63) is 28.7 Å².